The van der Waals surface area contributed by atoms with E-state index in [9.17, 15) is 59.4 Å². The molecule has 0 spiro atoms. The van der Waals surface area contributed by atoms with E-state index in [4.69, 9.17) is 0 Å². The van der Waals surface area contributed by atoms with E-state index in [-0.39, 0.29) is 67.9 Å². The normalized spacial score (nSPS) is 15.6. The molecule has 28 heteroatoms. The molecule has 0 saturated carbocycles. The Bertz CT molecular complexity index is 6770. The van der Waals surface area contributed by atoms with E-state index in [1.807, 2.05) is 237 Å². The maximum Gasteiger partial charge on any atom is 0.293 e. The molecule has 20 rings (SSSR count). The zero-order chi connectivity index (χ0) is 104. The zero-order valence-corrected chi connectivity index (χ0v) is 86.4. The number of piperidine rings is 2. The molecule has 0 atom stereocenters. The number of anilines is 2. The van der Waals surface area contributed by atoms with Crippen LogP contribution in [0, 0.1) is 13.8 Å². The van der Waals surface area contributed by atoms with Gasteiger partial charge in [-0.05, 0) is 211 Å². The standard InChI is InChI=1S/C24H27N3O2.C22H25N5O2.C20H26N2O2.C19H24N2O2.2C18H22N2O2/c1-19-7-5-6-10-22(19)26-15-13-25(14-16-26)18-21-11-12-27(24(29)23(21)28)17-20-8-3-2-4-9-20;1-17-7-8-20(24-23-17)26-13-11-25(12-14-26)16-19-9-10-27(22(29)21(19)28)15-18-5-3-2-4-6-18;23-19-18(16-21-12-7-2-1-3-8-13-21)11-14-22(20(19)24)15-17-9-5-4-6-10-17;22-18-17(15-20-11-6-1-2-7-12-20)10-13-21(19(18)23)14-16-8-4-3-5-9-16;2*21-17-16(14-19-10-5-2-6-11-19)9-12-20(18(17)22)13-15-7-3-1-4-8-15/h2-12,28H,13-18H2,1H3;2-10,28H,11-16H2,1H3;4-6,9-11,14,23H,1-3,7-8,12-13,15-16H2;3-5,8-10,13,22H,1-2,6-7,11-12,14-15H2;2*1,3-4,7-9,12,21H,2,5-6,10-11,13-14H2. The van der Waals surface area contributed by atoms with Crippen LogP contribution in [0.25, 0.3) is 0 Å². The van der Waals surface area contributed by atoms with Crippen molar-refractivity contribution < 1.29 is 30.6 Å². The van der Waals surface area contributed by atoms with Crippen molar-refractivity contribution in [1.82, 2.24) is 67.0 Å². The predicted octanol–water partition coefficient (Wildman–Crippen LogP) is 16.8. The van der Waals surface area contributed by atoms with Crippen molar-refractivity contribution in [3.63, 3.8) is 0 Å². The SMILES string of the molecule is Cc1ccc(N2CCN(Cc3ccn(Cc4ccccc4)c(=O)c3O)CC2)nn1.Cc1ccccc1N1CCN(Cc2ccn(Cc3ccccc3)c(=O)c2O)CC1.O=c1c(O)c(CN2CCCCC2)ccn1Cc1ccccc1.O=c1c(O)c(CN2CCCCC2)ccn1Cc1ccccc1.O=c1c(O)c(CN2CCCCCC2)ccn1Cc1ccccc1.O=c1c(O)c(CN2CCCCCCC2)ccn1Cc1ccccc1. The quantitative estimate of drug-likeness (QED) is 0.0293. The fourth-order valence-electron chi connectivity index (χ4n) is 20.0. The molecule has 6 fully saturated rings. The molecule has 6 N–H and O–H groups in total. The van der Waals surface area contributed by atoms with E-state index in [2.05, 4.69) is 80.6 Å². The van der Waals surface area contributed by atoms with Crippen LogP contribution < -0.4 is 43.2 Å². The number of aryl methyl sites for hydroxylation is 2. The highest BCUT2D eigenvalue weighted by Gasteiger charge is 2.26. The van der Waals surface area contributed by atoms with E-state index >= 15 is 0 Å². The second-order valence-corrected chi connectivity index (χ2v) is 39.9. The Morgan fingerprint density at radius 3 is 0.624 bits per heavy atom. The molecule has 6 aliphatic rings. The van der Waals surface area contributed by atoms with E-state index in [1.165, 1.54) is 108 Å². The van der Waals surface area contributed by atoms with Gasteiger partial charge in [0.1, 0.15) is 0 Å². The van der Waals surface area contributed by atoms with Gasteiger partial charge in [0.2, 0.25) is 0 Å². The second-order valence-electron chi connectivity index (χ2n) is 39.9. The lowest BCUT2D eigenvalue weighted by Gasteiger charge is -2.36. The summed E-state index contributed by atoms with van der Waals surface area (Å²) in [6, 6.07) is 82.5. The summed E-state index contributed by atoms with van der Waals surface area (Å²) in [4.78, 5) is 93.1. The summed E-state index contributed by atoms with van der Waals surface area (Å²) in [5.74, 6) is 0.179. The maximum atomic E-state index is 12.6. The number of pyridine rings is 6. The fraction of sp³-hybridized carbons (Fsp3) is 0.372. The molecule has 28 nitrogen and oxygen atoms in total. The number of para-hydroxylation sites is 1. The Hall–Kier alpha value is -14.5. The molecule has 14 aromatic rings. The monoisotopic (exact) mass is 2020 g/mol. The van der Waals surface area contributed by atoms with Crippen LogP contribution in [-0.4, -0.2) is 202 Å². The zero-order valence-electron chi connectivity index (χ0n) is 86.4. The lowest BCUT2D eigenvalue weighted by molar-refractivity contribution is 0.218. The summed E-state index contributed by atoms with van der Waals surface area (Å²) < 4.78 is 9.36. The summed E-state index contributed by atoms with van der Waals surface area (Å²) in [5.41, 5.74) is 12.2. The summed E-state index contributed by atoms with van der Waals surface area (Å²) in [6.07, 6.45) is 29.3. The Morgan fingerprint density at radius 2 is 0.403 bits per heavy atom. The summed E-state index contributed by atoms with van der Waals surface area (Å²) in [6.45, 7) is 26.1. The van der Waals surface area contributed by atoms with E-state index in [1.54, 1.807) is 64.6 Å². The minimum atomic E-state index is -0.347. The highest BCUT2D eigenvalue weighted by molar-refractivity contribution is 5.53. The first-order valence-electron chi connectivity index (χ1n) is 53.1. The number of nitrogens with zero attached hydrogens (tertiary/aromatic N) is 16. The third-order valence-electron chi connectivity index (χ3n) is 28.7. The van der Waals surface area contributed by atoms with Gasteiger partial charge in [-0.3, -0.25) is 58.2 Å². The summed E-state index contributed by atoms with van der Waals surface area (Å²) in [5, 5.41) is 70.4. The van der Waals surface area contributed by atoms with Crippen LogP contribution in [-0.2, 0) is 78.5 Å². The van der Waals surface area contributed by atoms with Crippen molar-refractivity contribution in [2.24, 2.45) is 0 Å². The summed E-state index contributed by atoms with van der Waals surface area (Å²) >= 11 is 0. The molecule has 0 amide bonds. The molecular formula is C121H146N16O12. The highest BCUT2D eigenvalue weighted by Crippen LogP contribution is 2.28. The molecule has 0 radical (unpaired) electrons. The number of aromatic nitrogens is 8. The number of aromatic hydroxyl groups is 6. The van der Waals surface area contributed by atoms with Crippen molar-refractivity contribution in [3.8, 4) is 34.5 Å². The average Bonchev–Trinajstić information content (AvgIpc) is 1.31. The predicted molar refractivity (Wildman–Crippen MR) is 591 cm³/mol. The molecule has 149 heavy (non-hydrogen) atoms. The smallest absolute Gasteiger partial charge is 0.293 e. The van der Waals surface area contributed by atoms with Gasteiger partial charge in [-0.25, -0.2) is 0 Å². The average molecular weight is 2020 g/mol. The van der Waals surface area contributed by atoms with E-state index in [0.717, 1.165) is 172 Å². The van der Waals surface area contributed by atoms with Gasteiger partial charge < -0.3 is 67.8 Å². The molecule has 0 unspecified atom stereocenters. The minimum Gasteiger partial charge on any atom is -0.503 e. The van der Waals surface area contributed by atoms with Gasteiger partial charge in [0.25, 0.3) is 33.4 Å². The van der Waals surface area contributed by atoms with Gasteiger partial charge in [-0.15, -0.1) is 5.10 Å². The van der Waals surface area contributed by atoms with Gasteiger partial charge in [0, 0.05) is 168 Å². The summed E-state index contributed by atoms with van der Waals surface area (Å²) in [7, 11) is 0. The van der Waals surface area contributed by atoms with Crippen LogP contribution in [0.2, 0.25) is 0 Å². The van der Waals surface area contributed by atoms with Crippen LogP contribution in [0.1, 0.15) is 174 Å². The lowest BCUT2D eigenvalue weighted by atomic mass is 10.1. The number of piperazine rings is 2. The lowest BCUT2D eigenvalue weighted by Crippen LogP contribution is -2.46. The Balaban J connectivity index is 0.000000134. The van der Waals surface area contributed by atoms with Gasteiger partial charge in [0.15, 0.2) is 40.3 Å². The molecule has 782 valence electrons. The molecule has 7 aromatic carbocycles. The van der Waals surface area contributed by atoms with Crippen LogP contribution >= 0.6 is 0 Å². The Kier molecular flexibility index (Phi) is 40.9. The molecule has 0 aliphatic carbocycles. The highest BCUT2D eigenvalue weighted by atomic mass is 16.3. The fourth-order valence-corrected chi connectivity index (χ4v) is 20.0. The maximum absolute atomic E-state index is 12.6. The largest absolute Gasteiger partial charge is 0.503 e. The number of benzene rings is 7. The topological polar surface area (TPSA) is 305 Å². The number of rotatable bonds is 26. The van der Waals surface area contributed by atoms with E-state index < -0.39 is 0 Å². The van der Waals surface area contributed by atoms with Crippen LogP contribution in [0.4, 0.5) is 11.5 Å². The first kappa shape index (κ1) is 109. The van der Waals surface area contributed by atoms with Gasteiger partial charge in [-0.1, -0.05) is 245 Å². The van der Waals surface area contributed by atoms with Crippen molar-refractivity contribution in [1.29, 1.82) is 0 Å². The third-order valence-corrected chi connectivity index (χ3v) is 28.7. The third kappa shape index (κ3) is 32.3. The number of likely N-dealkylation sites (tertiary alicyclic amines) is 4. The van der Waals surface area contributed by atoms with E-state index in [0.29, 0.717) is 89.7 Å². The molecule has 13 heterocycles. The number of hydrogen-bond acceptors (Lipinski definition) is 22. The van der Waals surface area contributed by atoms with Crippen LogP contribution in [0.5, 0.6) is 34.5 Å². The van der Waals surface area contributed by atoms with Crippen molar-refractivity contribution in [3.05, 3.63) is 432 Å². The molecule has 7 aromatic heterocycles. The first-order valence-corrected chi connectivity index (χ1v) is 53.1. The molecule has 6 saturated heterocycles. The van der Waals surface area contributed by atoms with Crippen molar-refractivity contribution >= 4 is 11.5 Å². The molecule has 6 aliphatic heterocycles. The molecular weight excluding hydrogens is 1870 g/mol. The van der Waals surface area contributed by atoms with Crippen LogP contribution in [0.3, 0.4) is 0 Å². The Labute approximate surface area is 873 Å². The van der Waals surface area contributed by atoms with Gasteiger partial charge in [-0.2, -0.15) is 5.10 Å². The van der Waals surface area contributed by atoms with Gasteiger partial charge >= 0.3 is 0 Å². The Morgan fingerprint density at radius 1 is 0.201 bits per heavy atom. The second kappa shape index (κ2) is 56.0. The number of hydrogen-bond donors (Lipinski definition) is 6. The minimum absolute atomic E-state index is 0.101. The van der Waals surface area contributed by atoms with Crippen molar-refractivity contribution in [2.45, 2.75) is 189 Å². The van der Waals surface area contributed by atoms with Crippen molar-refractivity contribution in [2.75, 3.05) is 115 Å². The van der Waals surface area contributed by atoms with Gasteiger partial charge in [0.05, 0.1) is 45.0 Å². The van der Waals surface area contributed by atoms with Crippen LogP contribution in [0.15, 0.2) is 321 Å². The first-order chi connectivity index (χ1) is 72.7. The molecule has 0 bridgehead atoms.